The van der Waals surface area contributed by atoms with Crippen LogP contribution < -0.4 is 4.74 Å². The van der Waals surface area contributed by atoms with Gasteiger partial charge < -0.3 is 14.5 Å². The predicted molar refractivity (Wildman–Crippen MR) is 119 cm³/mol. The van der Waals surface area contributed by atoms with E-state index >= 15 is 0 Å². The molecule has 0 aliphatic carbocycles. The molecule has 156 valence electrons. The van der Waals surface area contributed by atoms with Gasteiger partial charge in [0, 0.05) is 18.6 Å². The molecule has 2 aromatic rings. The third-order valence-corrected chi connectivity index (χ3v) is 5.88. The first-order chi connectivity index (χ1) is 14.1. The third-order valence-electron chi connectivity index (χ3n) is 5.64. The number of benzene rings is 2. The zero-order chi connectivity index (χ0) is 20.6. The Labute approximate surface area is 179 Å². The van der Waals surface area contributed by atoms with Crippen LogP contribution in [0.3, 0.4) is 0 Å². The molecule has 0 bridgehead atoms. The molecule has 29 heavy (non-hydrogen) atoms. The highest BCUT2D eigenvalue weighted by molar-refractivity contribution is 6.30. The number of hydrogen-bond acceptors (Lipinski definition) is 3. The Hall–Kier alpha value is -2.04. The largest absolute Gasteiger partial charge is 0.490 e. The molecule has 1 fully saturated rings. The Morgan fingerprint density at radius 3 is 2.62 bits per heavy atom. The van der Waals surface area contributed by atoms with Gasteiger partial charge in [0.2, 0.25) is 6.41 Å². The number of ether oxygens (including phenoxy) is 1. The fourth-order valence-corrected chi connectivity index (χ4v) is 4.12. The van der Waals surface area contributed by atoms with Crippen molar-refractivity contribution in [1.82, 2.24) is 9.80 Å². The second-order valence-electron chi connectivity index (χ2n) is 7.92. The van der Waals surface area contributed by atoms with Gasteiger partial charge in [-0.3, -0.25) is 4.79 Å². The number of halogens is 1. The molecular weight excluding hydrogens is 384 g/mol. The average Bonchev–Trinajstić information content (AvgIpc) is 3.26. The molecule has 2 aromatic carbocycles. The van der Waals surface area contributed by atoms with Crippen LogP contribution in [-0.4, -0.2) is 49.0 Å². The smallest absolute Gasteiger partial charge is 0.210 e. The number of carbonyl (C=O) groups is 1. The highest BCUT2D eigenvalue weighted by Gasteiger charge is 2.21. The highest BCUT2D eigenvalue weighted by atomic mass is 35.5. The number of amides is 1. The van der Waals surface area contributed by atoms with Gasteiger partial charge in [-0.2, -0.15) is 0 Å². The fraction of sp³-hybridized carbons (Fsp3) is 0.458. The summed E-state index contributed by atoms with van der Waals surface area (Å²) in [5, 5.41) is 0.798. The summed E-state index contributed by atoms with van der Waals surface area (Å²) in [6, 6.07) is 16.3. The molecule has 4 rings (SSSR count). The van der Waals surface area contributed by atoms with Gasteiger partial charge in [0.1, 0.15) is 5.75 Å². The van der Waals surface area contributed by atoms with E-state index in [0.717, 1.165) is 49.7 Å². The molecule has 2 atom stereocenters. The van der Waals surface area contributed by atoms with Crippen molar-refractivity contribution in [2.24, 2.45) is 0 Å². The van der Waals surface area contributed by atoms with Crippen LogP contribution in [-0.2, 0) is 11.2 Å². The Kier molecular flexibility index (Phi) is 7.96. The van der Waals surface area contributed by atoms with E-state index in [1.54, 1.807) is 4.90 Å². The van der Waals surface area contributed by atoms with Crippen molar-refractivity contribution in [2.45, 2.75) is 44.8 Å². The van der Waals surface area contributed by atoms with Crippen LogP contribution in [0.4, 0.5) is 0 Å². The topological polar surface area (TPSA) is 32.8 Å². The van der Waals surface area contributed by atoms with Crippen LogP contribution in [0.1, 0.15) is 43.4 Å². The summed E-state index contributed by atoms with van der Waals surface area (Å²) in [4.78, 5) is 15.2. The van der Waals surface area contributed by atoms with E-state index in [1.807, 2.05) is 43.4 Å². The van der Waals surface area contributed by atoms with Crippen LogP contribution in [0.2, 0.25) is 5.02 Å². The van der Waals surface area contributed by atoms with E-state index in [2.05, 4.69) is 24.0 Å². The summed E-state index contributed by atoms with van der Waals surface area (Å²) in [7, 11) is 1.86. The van der Waals surface area contributed by atoms with Crippen molar-refractivity contribution in [2.75, 3.05) is 26.7 Å². The molecule has 0 aromatic heterocycles. The summed E-state index contributed by atoms with van der Waals surface area (Å²) in [6.07, 6.45) is 6.01. The number of nitrogens with zero attached hydrogens (tertiary/aromatic N) is 2. The number of likely N-dealkylation sites (N-methyl/N-ethyl adjacent to an activating group) is 1. The maximum Gasteiger partial charge on any atom is 0.210 e. The number of likely N-dealkylation sites (tertiary alicyclic amines) is 1. The zero-order valence-corrected chi connectivity index (χ0v) is 18.1. The van der Waals surface area contributed by atoms with Gasteiger partial charge in [-0.1, -0.05) is 41.9 Å². The van der Waals surface area contributed by atoms with Crippen molar-refractivity contribution in [3.8, 4) is 5.75 Å². The number of rotatable bonds is 5. The van der Waals surface area contributed by atoms with Gasteiger partial charge in [0.15, 0.2) is 0 Å². The number of carbonyl (C=O) groups excluding carboxylic acids is 1. The lowest BCUT2D eigenvalue weighted by Gasteiger charge is -2.29. The summed E-state index contributed by atoms with van der Waals surface area (Å²) in [5.74, 6) is 0.998. The minimum atomic E-state index is 0.173. The number of fused-ring (bicyclic) bond motifs is 1. The lowest BCUT2D eigenvalue weighted by atomic mass is 10.0. The van der Waals surface area contributed by atoms with Crippen molar-refractivity contribution in [1.29, 1.82) is 0 Å². The molecular formula is C24H31ClN2O2. The second kappa shape index (κ2) is 10.7. The van der Waals surface area contributed by atoms with E-state index < -0.39 is 0 Å². The average molecular weight is 415 g/mol. The molecule has 2 aliphatic heterocycles. The maximum atomic E-state index is 11.0. The van der Waals surface area contributed by atoms with Crippen molar-refractivity contribution in [3.05, 3.63) is 64.7 Å². The van der Waals surface area contributed by atoms with Gasteiger partial charge in [0.05, 0.1) is 12.1 Å². The first kappa shape index (κ1) is 21.7. The Morgan fingerprint density at radius 1 is 1.21 bits per heavy atom. The highest BCUT2D eigenvalue weighted by Crippen LogP contribution is 2.29. The number of hydrogen-bond donors (Lipinski definition) is 0. The van der Waals surface area contributed by atoms with Gasteiger partial charge in [-0.15, -0.1) is 0 Å². The van der Waals surface area contributed by atoms with E-state index in [-0.39, 0.29) is 6.04 Å². The molecule has 1 saturated heterocycles. The summed E-state index contributed by atoms with van der Waals surface area (Å²) in [6.45, 7) is 5.36. The summed E-state index contributed by atoms with van der Waals surface area (Å²) in [5.41, 5.74) is 2.45. The Bertz CT molecular complexity index is 778. The van der Waals surface area contributed by atoms with Crippen LogP contribution in [0.15, 0.2) is 48.5 Å². The molecule has 1 amide bonds. The molecule has 0 radical (unpaired) electrons. The number of aryl methyl sites for hydroxylation is 1. The minimum Gasteiger partial charge on any atom is -0.490 e. The summed E-state index contributed by atoms with van der Waals surface area (Å²) >= 11 is 5.86. The van der Waals surface area contributed by atoms with E-state index in [9.17, 15) is 4.79 Å². The molecule has 0 N–H and O–H groups in total. The second-order valence-corrected chi connectivity index (χ2v) is 8.36. The van der Waals surface area contributed by atoms with Crippen LogP contribution in [0.5, 0.6) is 5.75 Å². The zero-order valence-electron chi connectivity index (χ0n) is 17.4. The Morgan fingerprint density at radius 2 is 1.93 bits per heavy atom. The SMILES string of the molecule is CC1CCc2cc(Cl)ccc2O1.CN(C=O)C(CN1CCCC1)c1ccccc1. The van der Waals surface area contributed by atoms with Gasteiger partial charge in [-0.05, 0) is 75.0 Å². The molecule has 2 aliphatic rings. The van der Waals surface area contributed by atoms with Crippen molar-refractivity contribution in [3.63, 3.8) is 0 Å². The first-order valence-corrected chi connectivity index (χ1v) is 10.8. The monoisotopic (exact) mass is 414 g/mol. The van der Waals surface area contributed by atoms with Crippen molar-refractivity contribution < 1.29 is 9.53 Å². The molecule has 4 nitrogen and oxygen atoms in total. The maximum absolute atomic E-state index is 11.0. The summed E-state index contributed by atoms with van der Waals surface area (Å²) < 4.78 is 5.63. The van der Waals surface area contributed by atoms with E-state index in [0.29, 0.717) is 6.10 Å². The van der Waals surface area contributed by atoms with Gasteiger partial charge in [0.25, 0.3) is 0 Å². The minimum absolute atomic E-state index is 0.173. The standard InChI is InChI=1S/C14H20N2O.C10H11ClO/c1-15(12-17)14(11-16-9-5-6-10-16)13-7-3-2-4-8-13;1-7-2-3-8-6-9(11)4-5-10(8)12-7/h2-4,7-8,12,14H,5-6,9-11H2,1H3;4-7H,2-3H2,1H3. The fourth-order valence-electron chi connectivity index (χ4n) is 3.92. The quantitative estimate of drug-likeness (QED) is 0.648. The van der Waals surface area contributed by atoms with E-state index in [1.165, 1.54) is 24.0 Å². The lowest BCUT2D eigenvalue weighted by Crippen LogP contribution is -2.34. The lowest BCUT2D eigenvalue weighted by molar-refractivity contribution is -0.119. The molecule has 2 heterocycles. The van der Waals surface area contributed by atoms with Gasteiger partial charge in [-0.25, -0.2) is 0 Å². The van der Waals surface area contributed by atoms with Gasteiger partial charge >= 0.3 is 0 Å². The molecule has 0 spiro atoms. The normalized spacial score (nSPS) is 19.3. The predicted octanol–water partition coefficient (Wildman–Crippen LogP) is 4.97. The Balaban J connectivity index is 0.000000176. The van der Waals surface area contributed by atoms with Crippen LogP contribution >= 0.6 is 11.6 Å². The van der Waals surface area contributed by atoms with Crippen molar-refractivity contribution >= 4 is 18.0 Å². The van der Waals surface area contributed by atoms with Crippen LogP contribution in [0.25, 0.3) is 0 Å². The molecule has 5 heteroatoms. The first-order valence-electron chi connectivity index (χ1n) is 10.5. The van der Waals surface area contributed by atoms with E-state index in [4.69, 9.17) is 16.3 Å². The third kappa shape index (κ3) is 6.22. The molecule has 0 saturated carbocycles. The van der Waals surface area contributed by atoms with Crippen LogP contribution in [0, 0.1) is 0 Å². The molecule has 2 unspecified atom stereocenters.